The number of ether oxygens (including phenoxy) is 3. The van der Waals surface area contributed by atoms with E-state index in [0.717, 1.165) is 40.0 Å². The fourth-order valence-electron chi connectivity index (χ4n) is 4.06. The van der Waals surface area contributed by atoms with Gasteiger partial charge < -0.3 is 19.9 Å². The number of benzene rings is 4. The van der Waals surface area contributed by atoms with Crippen molar-refractivity contribution >= 4 is 17.5 Å². The molecule has 0 bridgehead atoms. The number of halogens is 1. The van der Waals surface area contributed by atoms with Crippen LogP contribution < -0.4 is 19.9 Å². The molecule has 0 saturated heterocycles. The van der Waals surface area contributed by atoms with Crippen molar-refractivity contribution in [1.82, 2.24) is 0 Å². The predicted molar refractivity (Wildman–Crippen MR) is 143 cm³/mol. The Morgan fingerprint density at radius 2 is 1.47 bits per heavy atom. The summed E-state index contributed by atoms with van der Waals surface area (Å²) in [4.78, 5) is 11.4. The van der Waals surface area contributed by atoms with E-state index in [0.29, 0.717) is 35.1 Å². The minimum atomic E-state index is -0.436. The molecule has 2 N–H and O–H groups in total. The summed E-state index contributed by atoms with van der Waals surface area (Å²) < 4.78 is 17.3. The van der Waals surface area contributed by atoms with Crippen LogP contribution >= 0.6 is 11.6 Å². The van der Waals surface area contributed by atoms with E-state index < -0.39 is 5.91 Å². The first kappa shape index (κ1) is 25.1. The number of methoxy groups -OCH3 is 2. The van der Waals surface area contributed by atoms with Crippen LogP contribution in [-0.4, -0.2) is 20.1 Å². The Morgan fingerprint density at radius 3 is 2.08 bits per heavy atom. The molecule has 4 rings (SSSR count). The summed E-state index contributed by atoms with van der Waals surface area (Å²) in [7, 11) is 3.25. The fraction of sp³-hybridized carbons (Fsp3) is 0.167. The molecule has 36 heavy (non-hydrogen) atoms. The van der Waals surface area contributed by atoms with E-state index in [1.807, 2.05) is 72.8 Å². The second-order valence-electron chi connectivity index (χ2n) is 8.38. The van der Waals surface area contributed by atoms with Crippen molar-refractivity contribution in [3.05, 3.63) is 112 Å². The maximum atomic E-state index is 11.4. The van der Waals surface area contributed by atoms with Crippen LogP contribution in [0.1, 0.15) is 27.0 Å². The number of amides is 1. The van der Waals surface area contributed by atoms with Crippen LogP contribution in [0.15, 0.2) is 84.9 Å². The van der Waals surface area contributed by atoms with E-state index in [2.05, 4.69) is 0 Å². The minimum Gasteiger partial charge on any atom is -0.497 e. The lowest BCUT2D eigenvalue weighted by Gasteiger charge is -2.18. The predicted octanol–water partition coefficient (Wildman–Crippen LogP) is 6.49. The molecule has 0 radical (unpaired) electrons. The summed E-state index contributed by atoms with van der Waals surface area (Å²) >= 11 is 6.57. The zero-order valence-corrected chi connectivity index (χ0v) is 21.0. The third-order valence-electron chi connectivity index (χ3n) is 5.93. The van der Waals surface area contributed by atoms with Crippen molar-refractivity contribution in [1.29, 1.82) is 0 Å². The number of rotatable bonds is 10. The first-order valence-corrected chi connectivity index (χ1v) is 12.0. The lowest BCUT2D eigenvalue weighted by Crippen LogP contribution is -2.10. The molecule has 0 atom stereocenters. The van der Waals surface area contributed by atoms with E-state index in [-0.39, 0.29) is 0 Å². The fourth-order valence-corrected chi connectivity index (χ4v) is 4.30. The maximum Gasteiger partial charge on any atom is 0.248 e. The first-order chi connectivity index (χ1) is 17.5. The average molecular weight is 502 g/mol. The highest BCUT2D eigenvalue weighted by molar-refractivity contribution is 6.31. The van der Waals surface area contributed by atoms with Gasteiger partial charge in [0.25, 0.3) is 0 Å². The highest BCUT2D eigenvalue weighted by Crippen LogP contribution is 2.38. The standard InChI is InChI=1S/C30H28ClNO4/c1-34-26-14-21(15-27(18-26)35-2)19-36-29-24(13-10-20-8-11-23(12-9-20)30(32)33)16-25(31)17-28(29)22-6-4-3-5-7-22/h3-9,11-12,14-18H,10,13,19H2,1-2H3,(H2,32,33). The average Bonchev–Trinajstić information content (AvgIpc) is 2.91. The summed E-state index contributed by atoms with van der Waals surface area (Å²) in [5.41, 5.74) is 10.8. The largest absolute Gasteiger partial charge is 0.497 e. The van der Waals surface area contributed by atoms with Gasteiger partial charge in [0.05, 0.1) is 14.2 Å². The summed E-state index contributed by atoms with van der Waals surface area (Å²) in [5, 5.41) is 0.642. The molecule has 184 valence electrons. The maximum absolute atomic E-state index is 11.4. The van der Waals surface area contributed by atoms with E-state index >= 15 is 0 Å². The van der Waals surface area contributed by atoms with Crippen LogP contribution in [0.2, 0.25) is 5.02 Å². The van der Waals surface area contributed by atoms with Crippen molar-refractivity contribution in [2.75, 3.05) is 14.2 Å². The number of carbonyl (C=O) groups excluding carboxylic acids is 1. The normalized spacial score (nSPS) is 10.6. The molecule has 5 nitrogen and oxygen atoms in total. The third kappa shape index (κ3) is 6.18. The van der Waals surface area contributed by atoms with Gasteiger partial charge in [-0.3, -0.25) is 4.79 Å². The molecule has 0 spiro atoms. The van der Waals surface area contributed by atoms with Crippen LogP contribution in [0.3, 0.4) is 0 Å². The zero-order valence-electron chi connectivity index (χ0n) is 20.3. The quantitative estimate of drug-likeness (QED) is 0.270. The SMILES string of the molecule is COc1cc(COc2c(CCc3ccc(C(N)=O)cc3)cc(Cl)cc2-c2ccccc2)cc(OC)c1. The van der Waals surface area contributed by atoms with Gasteiger partial charge in [-0.25, -0.2) is 0 Å². The number of nitrogens with two attached hydrogens (primary N) is 1. The molecule has 0 aromatic heterocycles. The molecule has 4 aromatic carbocycles. The van der Waals surface area contributed by atoms with Crippen LogP contribution in [-0.2, 0) is 19.4 Å². The van der Waals surface area contributed by atoms with Crippen molar-refractivity contribution in [2.45, 2.75) is 19.4 Å². The Kier molecular flexibility index (Phi) is 8.13. The van der Waals surface area contributed by atoms with Crippen LogP contribution in [0, 0.1) is 0 Å². The molecule has 0 aliphatic carbocycles. The lowest BCUT2D eigenvalue weighted by atomic mass is 9.97. The molecule has 0 unspecified atom stereocenters. The van der Waals surface area contributed by atoms with Gasteiger partial charge in [0.2, 0.25) is 5.91 Å². The van der Waals surface area contributed by atoms with Crippen molar-refractivity contribution in [2.24, 2.45) is 5.73 Å². The third-order valence-corrected chi connectivity index (χ3v) is 6.15. The molecule has 6 heteroatoms. The van der Waals surface area contributed by atoms with Crippen LogP contribution in [0.4, 0.5) is 0 Å². The Hall–Kier alpha value is -3.96. The highest BCUT2D eigenvalue weighted by atomic mass is 35.5. The van der Waals surface area contributed by atoms with Gasteiger partial charge in [-0.15, -0.1) is 0 Å². The molecule has 0 heterocycles. The second-order valence-corrected chi connectivity index (χ2v) is 8.81. The molecule has 0 aliphatic rings. The Bertz CT molecular complexity index is 1320. The lowest BCUT2D eigenvalue weighted by molar-refractivity contribution is 0.100. The molecular weight excluding hydrogens is 474 g/mol. The van der Waals surface area contributed by atoms with E-state index in [4.69, 9.17) is 31.5 Å². The Balaban J connectivity index is 1.66. The molecule has 0 fully saturated rings. The number of aryl methyl sites for hydroxylation is 2. The van der Waals surface area contributed by atoms with Gasteiger partial charge in [-0.05, 0) is 71.5 Å². The van der Waals surface area contributed by atoms with Gasteiger partial charge >= 0.3 is 0 Å². The molecule has 0 saturated carbocycles. The van der Waals surface area contributed by atoms with Crippen molar-refractivity contribution in [3.63, 3.8) is 0 Å². The summed E-state index contributed by atoms with van der Waals surface area (Å²) in [5.74, 6) is 1.74. The van der Waals surface area contributed by atoms with Crippen molar-refractivity contribution in [3.8, 4) is 28.4 Å². The molecule has 0 aliphatic heterocycles. The zero-order chi connectivity index (χ0) is 25.5. The van der Waals surface area contributed by atoms with E-state index in [1.54, 1.807) is 26.4 Å². The van der Waals surface area contributed by atoms with Crippen LogP contribution in [0.5, 0.6) is 17.2 Å². The first-order valence-electron chi connectivity index (χ1n) is 11.6. The van der Waals surface area contributed by atoms with E-state index in [1.165, 1.54) is 0 Å². The smallest absolute Gasteiger partial charge is 0.248 e. The van der Waals surface area contributed by atoms with Crippen LogP contribution in [0.25, 0.3) is 11.1 Å². The van der Waals surface area contributed by atoms with E-state index in [9.17, 15) is 4.79 Å². The number of carbonyl (C=O) groups is 1. The van der Waals surface area contributed by atoms with Gasteiger partial charge in [-0.1, -0.05) is 54.1 Å². The number of hydrogen-bond donors (Lipinski definition) is 1. The monoisotopic (exact) mass is 501 g/mol. The molecular formula is C30H28ClNO4. The second kappa shape index (κ2) is 11.6. The Morgan fingerprint density at radius 1 is 0.806 bits per heavy atom. The minimum absolute atomic E-state index is 0.329. The van der Waals surface area contributed by atoms with Gasteiger partial charge in [0.1, 0.15) is 23.9 Å². The summed E-state index contributed by atoms with van der Waals surface area (Å²) in [6, 6.07) is 27.0. The van der Waals surface area contributed by atoms with Gasteiger partial charge in [0, 0.05) is 22.2 Å². The topological polar surface area (TPSA) is 70.8 Å². The van der Waals surface area contributed by atoms with Crippen molar-refractivity contribution < 1.29 is 19.0 Å². The number of primary amides is 1. The summed E-state index contributed by atoms with van der Waals surface area (Å²) in [6.07, 6.45) is 1.45. The molecule has 1 amide bonds. The van der Waals surface area contributed by atoms with Gasteiger partial charge in [0.15, 0.2) is 0 Å². The summed E-state index contributed by atoms with van der Waals surface area (Å²) in [6.45, 7) is 0.329. The molecule has 4 aromatic rings. The van der Waals surface area contributed by atoms with Gasteiger partial charge in [-0.2, -0.15) is 0 Å². The highest BCUT2D eigenvalue weighted by Gasteiger charge is 2.15. The number of hydrogen-bond acceptors (Lipinski definition) is 4. The Labute approximate surface area is 216 Å².